The van der Waals surface area contributed by atoms with Gasteiger partial charge in [0.2, 0.25) is 5.91 Å². The highest BCUT2D eigenvalue weighted by Crippen LogP contribution is 2.34. The van der Waals surface area contributed by atoms with Crippen LogP contribution in [0.4, 0.5) is 11.4 Å². The summed E-state index contributed by atoms with van der Waals surface area (Å²) in [6, 6.07) is 11.1. The third kappa shape index (κ3) is 3.60. The molecule has 0 unspecified atom stereocenters. The first-order chi connectivity index (χ1) is 12.4. The summed E-state index contributed by atoms with van der Waals surface area (Å²) >= 11 is 0. The number of nitrogens with one attached hydrogen (secondary N) is 1. The van der Waals surface area contributed by atoms with Gasteiger partial charge in [0, 0.05) is 19.0 Å². The van der Waals surface area contributed by atoms with E-state index in [1.165, 1.54) is 26.4 Å². The molecule has 2 aromatic rings. The lowest BCUT2D eigenvalue weighted by atomic mass is 10.2. The van der Waals surface area contributed by atoms with Gasteiger partial charge in [0.15, 0.2) is 0 Å². The summed E-state index contributed by atoms with van der Waals surface area (Å²) in [4.78, 5) is 13.8. The summed E-state index contributed by atoms with van der Waals surface area (Å²) in [6.07, 6.45) is 1.24. The van der Waals surface area contributed by atoms with Crippen LogP contribution in [0.25, 0.3) is 0 Å². The van der Waals surface area contributed by atoms with E-state index in [-0.39, 0.29) is 10.8 Å². The number of ether oxygens (including phenoxy) is 2. The molecule has 0 saturated carbocycles. The summed E-state index contributed by atoms with van der Waals surface area (Å²) in [5.74, 6) is 0.964. The number of nitrogens with zero attached hydrogens (tertiary/aromatic N) is 1. The van der Waals surface area contributed by atoms with Gasteiger partial charge in [0.1, 0.15) is 11.5 Å². The number of anilines is 2. The molecule has 1 aliphatic rings. The predicted molar refractivity (Wildman–Crippen MR) is 98.4 cm³/mol. The summed E-state index contributed by atoms with van der Waals surface area (Å²) in [6.45, 7) is 0.585. The maximum absolute atomic E-state index is 12.6. The number of methoxy groups -OCH3 is 2. The zero-order valence-electron chi connectivity index (χ0n) is 14.6. The highest BCUT2D eigenvalue weighted by molar-refractivity contribution is 7.92. The second-order valence-electron chi connectivity index (χ2n) is 5.82. The van der Waals surface area contributed by atoms with Gasteiger partial charge < -0.3 is 14.4 Å². The lowest BCUT2D eigenvalue weighted by molar-refractivity contribution is -0.117. The van der Waals surface area contributed by atoms with Gasteiger partial charge in [-0.1, -0.05) is 6.07 Å². The maximum Gasteiger partial charge on any atom is 0.262 e. The second kappa shape index (κ2) is 7.25. The number of amides is 1. The molecule has 26 heavy (non-hydrogen) atoms. The van der Waals surface area contributed by atoms with Crippen LogP contribution in [0, 0.1) is 0 Å². The molecule has 1 fully saturated rings. The van der Waals surface area contributed by atoms with Crippen molar-refractivity contribution in [3.05, 3.63) is 42.5 Å². The number of rotatable bonds is 6. The molecule has 1 saturated heterocycles. The number of carbonyl (C=O) groups excluding carboxylic acids is 1. The first-order valence-corrected chi connectivity index (χ1v) is 9.58. The molecule has 0 radical (unpaired) electrons. The van der Waals surface area contributed by atoms with Crippen molar-refractivity contribution in [3.8, 4) is 11.5 Å². The lowest BCUT2D eigenvalue weighted by Crippen LogP contribution is -2.24. The van der Waals surface area contributed by atoms with Crippen molar-refractivity contribution in [3.63, 3.8) is 0 Å². The smallest absolute Gasteiger partial charge is 0.262 e. The van der Waals surface area contributed by atoms with Crippen molar-refractivity contribution >= 4 is 27.3 Å². The third-order valence-corrected chi connectivity index (χ3v) is 5.53. The highest BCUT2D eigenvalue weighted by Gasteiger charge is 2.25. The molecule has 1 amide bonds. The minimum absolute atomic E-state index is 0.00361. The second-order valence-corrected chi connectivity index (χ2v) is 7.50. The van der Waals surface area contributed by atoms with Crippen LogP contribution in [0.1, 0.15) is 12.8 Å². The molecule has 7 nitrogen and oxygen atoms in total. The van der Waals surface area contributed by atoms with E-state index in [1.54, 1.807) is 35.2 Å². The van der Waals surface area contributed by atoms with Crippen molar-refractivity contribution in [1.82, 2.24) is 0 Å². The van der Waals surface area contributed by atoms with Gasteiger partial charge >= 0.3 is 0 Å². The summed E-state index contributed by atoms with van der Waals surface area (Å²) < 4.78 is 38.2. The standard InChI is InChI=1S/C18H20N2O5S/c1-24-14-5-3-6-15(12-14)26(22,23)19-13-8-9-17(25-2)16(11-13)20-10-4-7-18(20)21/h3,5-6,8-9,11-12,19H,4,7,10H2,1-2H3. The fourth-order valence-corrected chi connectivity index (χ4v) is 3.93. The SMILES string of the molecule is COc1cccc(S(=O)(=O)Nc2ccc(OC)c(N3CCCC3=O)c2)c1. The molecule has 0 spiro atoms. The molecule has 2 aromatic carbocycles. The van der Waals surface area contributed by atoms with E-state index in [9.17, 15) is 13.2 Å². The summed E-state index contributed by atoms with van der Waals surface area (Å²) in [5, 5.41) is 0. The van der Waals surface area contributed by atoms with Crippen LogP contribution in [0.2, 0.25) is 0 Å². The Bertz CT molecular complexity index is 927. The predicted octanol–water partition coefficient (Wildman–Crippen LogP) is 2.63. The Hall–Kier alpha value is -2.74. The summed E-state index contributed by atoms with van der Waals surface area (Å²) in [5.41, 5.74) is 0.907. The molecule has 0 aromatic heterocycles. The molecule has 138 valence electrons. The van der Waals surface area contributed by atoms with Crippen LogP contribution >= 0.6 is 0 Å². The zero-order chi connectivity index (χ0) is 18.7. The molecule has 0 aliphatic carbocycles. The molecule has 1 N–H and O–H groups in total. The van der Waals surface area contributed by atoms with Gasteiger partial charge in [-0.3, -0.25) is 9.52 Å². The van der Waals surface area contributed by atoms with Crippen molar-refractivity contribution < 1.29 is 22.7 Å². The van der Waals surface area contributed by atoms with E-state index in [0.29, 0.717) is 35.8 Å². The van der Waals surface area contributed by atoms with Gasteiger partial charge in [-0.05, 0) is 36.8 Å². The van der Waals surface area contributed by atoms with Crippen LogP contribution in [0.15, 0.2) is 47.4 Å². The molecule has 3 rings (SSSR count). The third-order valence-electron chi connectivity index (χ3n) is 4.15. The first-order valence-electron chi connectivity index (χ1n) is 8.10. The topological polar surface area (TPSA) is 84.9 Å². The van der Waals surface area contributed by atoms with Crippen LogP contribution in [-0.2, 0) is 14.8 Å². The zero-order valence-corrected chi connectivity index (χ0v) is 15.4. The Morgan fingerprint density at radius 3 is 2.54 bits per heavy atom. The molecule has 1 heterocycles. The number of carbonyl (C=O) groups is 1. The molecular formula is C18H20N2O5S. The van der Waals surface area contributed by atoms with Crippen molar-refractivity contribution in [1.29, 1.82) is 0 Å². The van der Waals surface area contributed by atoms with E-state index in [2.05, 4.69) is 4.72 Å². The Balaban J connectivity index is 1.93. The number of hydrogen-bond acceptors (Lipinski definition) is 5. The largest absolute Gasteiger partial charge is 0.497 e. The monoisotopic (exact) mass is 376 g/mol. The fraction of sp³-hybridized carbons (Fsp3) is 0.278. The molecule has 1 aliphatic heterocycles. The molecule has 0 bridgehead atoms. The van der Waals surface area contributed by atoms with Crippen LogP contribution in [-0.4, -0.2) is 35.1 Å². The van der Waals surface area contributed by atoms with Crippen LogP contribution in [0.3, 0.4) is 0 Å². The van der Waals surface area contributed by atoms with Crippen LogP contribution < -0.4 is 19.1 Å². The van der Waals surface area contributed by atoms with Gasteiger partial charge in [-0.2, -0.15) is 0 Å². The Kier molecular flexibility index (Phi) is 5.03. The average molecular weight is 376 g/mol. The van der Waals surface area contributed by atoms with E-state index in [4.69, 9.17) is 9.47 Å². The molecular weight excluding hydrogens is 356 g/mol. The number of hydrogen-bond donors (Lipinski definition) is 1. The minimum Gasteiger partial charge on any atom is -0.497 e. The van der Waals surface area contributed by atoms with Crippen molar-refractivity contribution in [2.75, 3.05) is 30.4 Å². The molecule has 0 atom stereocenters. The average Bonchev–Trinajstić information content (AvgIpc) is 3.07. The van der Waals surface area contributed by atoms with E-state index in [0.717, 1.165) is 6.42 Å². The Morgan fingerprint density at radius 1 is 1.08 bits per heavy atom. The Morgan fingerprint density at radius 2 is 1.88 bits per heavy atom. The van der Waals surface area contributed by atoms with Gasteiger partial charge in [0.25, 0.3) is 10.0 Å². The quantitative estimate of drug-likeness (QED) is 0.838. The molecule has 8 heteroatoms. The normalized spacial score (nSPS) is 14.4. The van der Waals surface area contributed by atoms with E-state index in [1.807, 2.05) is 0 Å². The van der Waals surface area contributed by atoms with E-state index < -0.39 is 10.0 Å². The van der Waals surface area contributed by atoms with Gasteiger partial charge in [0.05, 0.1) is 30.5 Å². The highest BCUT2D eigenvalue weighted by atomic mass is 32.2. The fourth-order valence-electron chi connectivity index (χ4n) is 2.85. The number of benzene rings is 2. The van der Waals surface area contributed by atoms with Gasteiger partial charge in [-0.25, -0.2) is 8.42 Å². The van der Waals surface area contributed by atoms with Crippen molar-refractivity contribution in [2.24, 2.45) is 0 Å². The first kappa shape index (κ1) is 18.1. The maximum atomic E-state index is 12.6. The minimum atomic E-state index is -3.79. The lowest BCUT2D eigenvalue weighted by Gasteiger charge is -2.20. The van der Waals surface area contributed by atoms with E-state index >= 15 is 0 Å². The number of sulfonamides is 1. The summed E-state index contributed by atoms with van der Waals surface area (Å²) in [7, 11) is -0.806. The van der Waals surface area contributed by atoms with Crippen LogP contribution in [0.5, 0.6) is 11.5 Å². The van der Waals surface area contributed by atoms with Crippen molar-refractivity contribution in [2.45, 2.75) is 17.7 Å². The van der Waals surface area contributed by atoms with Gasteiger partial charge in [-0.15, -0.1) is 0 Å². The Labute approximate surface area is 152 Å².